The van der Waals surface area contributed by atoms with Gasteiger partial charge >= 0.3 is 12.1 Å². The Bertz CT molecular complexity index is 1100. The number of carboxylic acid groups (broad SMARTS) is 1. The highest BCUT2D eigenvalue weighted by molar-refractivity contribution is 5.95. The van der Waals surface area contributed by atoms with Crippen LogP contribution >= 0.6 is 0 Å². The molecule has 0 spiro atoms. The molecule has 0 bridgehead atoms. The summed E-state index contributed by atoms with van der Waals surface area (Å²) in [5.74, 6) is -5.74. The van der Waals surface area contributed by atoms with Crippen LogP contribution in [0.5, 0.6) is 0 Å². The van der Waals surface area contributed by atoms with Crippen LogP contribution < -0.4 is 5.32 Å². The molecule has 1 aliphatic heterocycles. The van der Waals surface area contributed by atoms with Crippen LogP contribution in [0.4, 0.5) is 13.6 Å². The van der Waals surface area contributed by atoms with Crippen molar-refractivity contribution in [2.24, 2.45) is 0 Å². The van der Waals surface area contributed by atoms with Crippen LogP contribution in [-0.4, -0.2) is 58.6 Å². The van der Waals surface area contributed by atoms with Gasteiger partial charge in [0, 0.05) is 12.3 Å². The van der Waals surface area contributed by atoms with Crippen molar-refractivity contribution in [1.82, 2.24) is 10.2 Å². The Kier molecular flexibility index (Phi) is 4.88. The van der Waals surface area contributed by atoms with Crippen molar-refractivity contribution in [3.63, 3.8) is 0 Å². The van der Waals surface area contributed by atoms with E-state index in [2.05, 4.69) is 5.32 Å². The molecule has 0 radical (unpaired) electrons. The highest BCUT2D eigenvalue weighted by Gasteiger charge is 2.59. The lowest BCUT2D eigenvalue weighted by molar-refractivity contribution is -0.149. The lowest BCUT2D eigenvalue weighted by atomic mass is 9.98. The van der Waals surface area contributed by atoms with Crippen molar-refractivity contribution in [1.29, 1.82) is 0 Å². The minimum Gasteiger partial charge on any atom is -0.480 e. The summed E-state index contributed by atoms with van der Waals surface area (Å²) in [5, 5.41) is 11.8. The van der Waals surface area contributed by atoms with Crippen molar-refractivity contribution in [2.45, 2.75) is 42.7 Å². The third-order valence-electron chi connectivity index (χ3n) is 6.66. The van der Waals surface area contributed by atoms with Crippen LogP contribution in [0.2, 0.25) is 0 Å². The molecule has 33 heavy (non-hydrogen) atoms. The van der Waals surface area contributed by atoms with Crippen molar-refractivity contribution in [2.75, 3.05) is 13.2 Å². The summed E-state index contributed by atoms with van der Waals surface area (Å²) in [4.78, 5) is 37.5. The highest BCUT2D eigenvalue weighted by atomic mass is 19.3. The predicted molar refractivity (Wildman–Crippen MR) is 113 cm³/mol. The van der Waals surface area contributed by atoms with E-state index >= 15 is 0 Å². The number of hydrogen-bond acceptors (Lipinski definition) is 4. The zero-order valence-corrected chi connectivity index (χ0v) is 17.6. The third-order valence-corrected chi connectivity index (χ3v) is 6.66. The van der Waals surface area contributed by atoms with Gasteiger partial charge in [-0.05, 0) is 35.1 Å². The number of benzene rings is 2. The van der Waals surface area contributed by atoms with Gasteiger partial charge in [0.2, 0.25) is 5.91 Å². The summed E-state index contributed by atoms with van der Waals surface area (Å²) in [5.41, 5.74) is 2.83. The molecule has 2 aromatic carbocycles. The SMILES string of the molecule is O=C(NC1(C(=O)N2CC(F)(F)C[C@@H]2C(=O)O)CC1)OCC1c2ccccc2-c2ccccc21. The number of amides is 2. The molecular weight excluding hydrogens is 434 g/mol. The first-order chi connectivity index (χ1) is 15.7. The number of carbonyl (C=O) groups excluding carboxylic acids is 2. The second-order valence-corrected chi connectivity index (χ2v) is 8.88. The summed E-state index contributed by atoms with van der Waals surface area (Å²) in [7, 11) is 0. The number of likely N-dealkylation sites (tertiary alicyclic amines) is 1. The number of hydrogen-bond donors (Lipinski definition) is 2. The predicted octanol–water partition coefficient (Wildman–Crippen LogP) is 3.38. The molecule has 9 heteroatoms. The van der Waals surface area contributed by atoms with Gasteiger partial charge in [-0.3, -0.25) is 4.79 Å². The summed E-state index contributed by atoms with van der Waals surface area (Å²) in [6.45, 7) is -0.930. The molecule has 1 saturated carbocycles. The number of carbonyl (C=O) groups is 3. The quantitative estimate of drug-likeness (QED) is 0.719. The minimum absolute atomic E-state index is 0.0453. The number of halogens is 2. The lowest BCUT2D eigenvalue weighted by Gasteiger charge is -2.26. The number of alkyl halides is 2. The maximum Gasteiger partial charge on any atom is 0.408 e. The van der Waals surface area contributed by atoms with Crippen LogP contribution in [0.3, 0.4) is 0 Å². The van der Waals surface area contributed by atoms with Gasteiger partial charge in [0.25, 0.3) is 5.92 Å². The Labute approximate surface area is 188 Å². The molecule has 1 atom stereocenters. The largest absolute Gasteiger partial charge is 0.480 e. The van der Waals surface area contributed by atoms with Crippen molar-refractivity contribution in [3.8, 4) is 11.1 Å². The van der Waals surface area contributed by atoms with Crippen molar-refractivity contribution >= 4 is 18.0 Å². The van der Waals surface area contributed by atoms with Gasteiger partial charge in [-0.15, -0.1) is 0 Å². The fourth-order valence-corrected chi connectivity index (χ4v) is 4.87. The first kappa shape index (κ1) is 21.4. The Morgan fingerprint density at radius 2 is 1.61 bits per heavy atom. The molecule has 7 nitrogen and oxygen atoms in total. The van der Waals surface area contributed by atoms with E-state index in [9.17, 15) is 28.3 Å². The molecule has 2 aromatic rings. The van der Waals surface area contributed by atoms with Crippen molar-refractivity contribution < 1.29 is 33.0 Å². The maximum atomic E-state index is 13.8. The van der Waals surface area contributed by atoms with E-state index in [1.807, 2.05) is 48.5 Å². The van der Waals surface area contributed by atoms with Gasteiger partial charge in [0.1, 0.15) is 18.2 Å². The fourth-order valence-electron chi connectivity index (χ4n) is 4.87. The number of carboxylic acids is 1. The lowest BCUT2D eigenvalue weighted by Crippen LogP contribution is -2.53. The van der Waals surface area contributed by atoms with Gasteiger partial charge < -0.3 is 20.1 Å². The average molecular weight is 456 g/mol. The van der Waals surface area contributed by atoms with Crippen LogP contribution in [0.25, 0.3) is 11.1 Å². The summed E-state index contributed by atoms with van der Waals surface area (Å²) in [6, 6.07) is 14.1. The Hall–Kier alpha value is -3.49. The number of ether oxygens (including phenoxy) is 1. The summed E-state index contributed by atoms with van der Waals surface area (Å²) in [6.07, 6.45) is -1.29. The van der Waals surface area contributed by atoms with E-state index in [1.54, 1.807) is 0 Å². The molecule has 2 N–H and O–H groups in total. The van der Waals surface area contributed by atoms with Crippen LogP contribution in [0, 0.1) is 0 Å². The van der Waals surface area contributed by atoms with E-state index in [0.717, 1.165) is 22.3 Å². The number of fused-ring (bicyclic) bond motifs is 3. The number of alkyl carbamates (subject to hydrolysis) is 1. The van der Waals surface area contributed by atoms with Gasteiger partial charge in [-0.1, -0.05) is 48.5 Å². The summed E-state index contributed by atoms with van der Waals surface area (Å²) < 4.78 is 33.1. The molecule has 0 aromatic heterocycles. The maximum absolute atomic E-state index is 13.8. The first-order valence-corrected chi connectivity index (χ1v) is 10.8. The van der Waals surface area contributed by atoms with Crippen molar-refractivity contribution in [3.05, 3.63) is 59.7 Å². The third kappa shape index (κ3) is 3.71. The van der Waals surface area contributed by atoms with E-state index in [1.165, 1.54) is 0 Å². The van der Waals surface area contributed by atoms with Gasteiger partial charge in [-0.25, -0.2) is 18.4 Å². The highest BCUT2D eigenvalue weighted by Crippen LogP contribution is 2.45. The standard InChI is InChI=1S/C24H22F2N2O5/c25-24(26)11-19(20(29)30)28(13-24)21(31)23(9-10-23)27-22(32)33-12-18-16-7-3-1-5-14(16)15-6-2-4-8-17(15)18/h1-8,18-19H,9-13H2,(H,27,32)(H,29,30)/t19-/m1/s1. The number of rotatable bonds is 5. The smallest absolute Gasteiger partial charge is 0.408 e. The zero-order chi connectivity index (χ0) is 23.4. The van der Waals surface area contributed by atoms with Gasteiger partial charge in [-0.2, -0.15) is 0 Å². The monoisotopic (exact) mass is 456 g/mol. The number of aliphatic carboxylic acids is 1. The molecule has 0 unspecified atom stereocenters. The minimum atomic E-state index is -3.28. The Balaban J connectivity index is 1.27. The second-order valence-electron chi connectivity index (χ2n) is 8.88. The molecule has 2 aliphatic carbocycles. The van der Waals surface area contributed by atoms with Crippen LogP contribution in [-0.2, 0) is 14.3 Å². The number of nitrogens with one attached hydrogen (secondary N) is 1. The molecular formula is C24H22F2N2O5. The van der Waals surface area contributed by atoms with Crippen LogP contribution in [0.1, 0.15) is 36.3 Å². The Morgan fingerprint density at radius 1 is 1.03 bits per heavy atom. The number of nitrogens with zero attached hydrogens (tertiary/aromatic N) is 1. The van der Waals surface area contributed by atoms with E-state index in [-0.39, 0.29) is 25.4 Å². The van der Waals surface area contributed by atoms with E-state index in [4.69, 9.17) is 4.74 Å². The second kappa shape index (κ2) is 7.54. The van der Waals surface area contributed by atoms with Gasteiger partial charge in [0.15, 0.2) is 0 Å². The average Bonchev–Trinajstić information content (AvgIpc) is 3.38. The molecule has 5 rings (SSSR count). The zero-order valence-electron chi connectivity index (χ0n) is 17.6. The molecule has 1 heterocycles. The van der Waals surface area contributed by atoms with E-state index < -0.39 is 48.4 Å². The topological polar surface area (TPSA) is 95.9 Å². The normalized spacial score (nSPS) is 21.8. The molecule has 2 fully saturated rings. The van der Waals surface area contributed by atoms with Gasteiger partial charge in [0.05, 0.1) is 6.54 Å². The van der Waals surface area contributed by atoms with E-state index in [0.29, 0.717) is 4.90 Å². The fraction of sp³-hybridized carbons (Fsp3) is 0.375. The Morgan fingerprint density at radius 3 is 2.15 bits per heavy atom. The molecule has 2 amide bonds. The molecule has 1 saturated heterocycles. The molecule has 172 valence electrons. The molecule has 3 aliphatic rings. The van der Waals surface area contributed by atoms with Crippen LogP contribution in [0.15, 0.2) is 48.5 Å². The first-order valence-electron chi connectivity index (χ1n) is 10.8. The summed E-state index contributed by atoms with van der Waals surface area (Å²) >= 11 is 0.